The average molecular weight is 898 g/mol. The van der Waals surface area contributed by atoms with E-state index in [9.17, 15) is 47.2 Å². The molecule has 0 aromatic heterocycles. The normalized spacial score (nSPS) is 21.3. The molecule has 2 unspecified atom stereocenters. The van der Waals surface area contributed by atoms with Crippen LogP contribution in [0, 0.1) is 25.2 Å². The van der Waals surface area contributed by atoms with Crippen LogP contribution >= 0.6 is 0 Å². The van der Waals surface area contributed by atoms with Gasteiger partial charge < -0.3 is 23.7 Å². The van der Waals surface area contributed by atoms with Gasteiger partial charge in [0.25, 0.3) is 5.91 Å². The number of carbonyl (C=O) groups excluding carboxylic acids is 6. The minimum absolute atomic E-state index is 0.0623. The van der Waals surface area contributed by atoms with Crippen LogP contribution in [0.5, 0.6) is 28.7 Å². The largest absolute Gasteiger partial charge is 0.493 e. The summed E-state index contributed by atoms with van der Waals surface area (Å²) < 4.78 is 72.2. The number of hydrogen-bond donors (Lipinski definition) is 0. The second-order valence-electron chi connectivity index (χ2n) is 16.6. The Morgan fingerprint density at radius 3 is 2.14 bits per heavy atom. The number of amides is 4. The number of rotatable bonds is 13. The fraction of sp³-hybridized carbons (Fsp3) is 0.578. The number of esters is 2. The lowest BCUT2D eigenvalue weighted by molar-refractivity contribution is -0.191. The van der Waals surface area contributed by atoms with Crippen molar-refractivity contribution in [3.05, 3.63) is 39.4 Å². The number of hydrogen-bond acceptors (Lipinski definition) is 14. The summed E-state index contributed by atoms with van der Waals surface area (Å²) in [6.45, 7) is 9.83. The minimum atomic E-state index is -5.53. The number of methoxy groups -OCH3 is 1. The monoisotopic (exact) mass is 897 g/mol. The van der Waals surface area contributed by atoms with Crippen LogP contribution in [0.25, 0.3) is 0 Å². The van der Waals surface area contributed by atoms with Crippen LogP contribution in [-0.4, -0.2) is 113 Å². The number of benzene rings is 2. The Bertz CT molecular complexity index is 2290. The molecule has 0 N–H and O–H groups in total. The summed E-state index contributed by atoms with van der Waals surface area (Å²) >= 11 is 0. The van der Waals surface area contributed by atoms with E-state index in [1.165, 1.54) is 21.0 Å². The van der Waals surface area contributed by atoms with Crippen molar-refractivity contribution in [1.29, 1.82) is 5.26 Å². The lowest BCUT2D eigenvalue weighted by Gasteiger charge is -2.60. The number of imide groups is 2. The fourth-order valence-corrected chi connectivity index (χ4v) is 9.88. The van der Waals surface area contributed by atoms with Gasteiger partial charge >= 0.3 is 24.0 Å². The van der Waals surface area contributed by atoms with Crippen LogP contribution in [0.2, 0.25) is 0 Å². The molecule has 19 heteroatoms. The van der Waals surface area contributed by atoms with Gasteiger partial charge in [0.2, 0.25) is 18.6 Å². The molecule has 1 saturated heterocycles. The second-order valence-corrected chi connectivity index (χ2v) is 16.6. The minimum Gasteiger partial charge on any atom is -0.493 e. The highest BCUT2D eigenvalue weighted by molar-refractivity contribution is 6.05. The predicted octanol–water partition coefficient (Wildman–Crippen LogP) is 5.70. The lowest BCUT2D eigenvalue weighted by Crippen LogP contribution is -2.69. The number of halogens is 3. The van der Waals surface area contributed by atoms with E-state index >= 15 is 0 Å². The molecule has 0 saturated carbocycles. The molecule has 0 spiro atoms. The molecule has 4 aliphatic heterocycles. The molecule has 1 fully saturated rings. The van der Waals surface area contributed by atoms with Crippen molar-refractivity contribution in [1.82, 2.24) is 19.6 Å². The highest BCUT2D eigenvalue weighted by Gasteiger charge is 2.58. The Kier molecular flexibility index (Phi) is 14.0. The van der Waals surface area contributed by atoms with Crippen molar-refractivity contribution in [3.8, 4) is 34.8 Å². The molecular weight excluding hydrogens is 844 g/mol. The lowest BCUT2D eigenvalue weighted by atomic mass is 9.71. The molecule has 64 heavy (non-hydrogen) atoms. The van der Waals surface area contributed by atoms with Gasteiger partial charge in [-0.15, -0.1) is 0 Å². The van der Waals surface area contributed by atoms with Crippen LogP contribution in [0.3, 0.4) is 0 Å². The van der Waals surface area contributed by atoms with Crippen LogP contribution < -0.4 is 23.7 Å². The van der Waals surface area contributed by atoms with Gasteiger partial charge in [-0.3, -0.25) is 48.4 Å². The summed E-state index contributed by atoms with van der Waals surface area (Å²) in [6.07, 6.45) is -5.05. The summed E-state index contributed by atoms with van der Waals surface area (Å²) in [7, 11) is 3.30. The first-order valence-corrected chi connectivity index (χ1v) is 21.5. The second kappa shape index (κ2) is 18.8. The zero-order valence-electron chi connectivity index (χ0n) is 37.5. The molecule has 2 aromatic carbocycles. The van der Waals surface area contributed by atoms with Gasteiger partial charge in [-0.05, 0) is 71.0 Å². The summed E-state index contributed by atoms with van der Waals surface area (Å²) in [5.74, 6) is -6.04. The number of fused-ring (bicyclic) bond motifs is 9. The van der Waals surface area contributed by atoms with E-state index < -0.39 is 91.0 Å². The van der Waals surface area contributed by atoms with Crippen molar-refractivity contribution in [2.75, 3.05) is 27.5 Å². The van der Waals surface area contributed by atoms with Crippen molar-refractivity contribution < 1.29 is 65.6 Å². The summed E-state index contributed by atoms with van der Waals surface area (Å²) in [5, 5.41) is 11.2. The number of aryl methyl sites for hydroxylation is 1. The Morgan fingerprint density at radius 1 is 0.906 bits per heavy atom. The molecule has 0 aliphatic carbocycles. The number of piperazine rings is 1. The molecule has 4 heterocycles. The number of nitriles is 1. The number of ether oxygens (including phenoxy) is 5. The van der Waals surface area contributed by atoms with Crippen LogP contribution in [0.1, 0.15) is 119 Å². The molecule has 2 bridgehead atoms. The molecule has 6 rings (SSSR count). The Labute approximate surface area is 369 Å². The molecule has 2 aromatic rings. The van der Waals surface area contributed by atoms with E-state index in [-0.39, 0.29) is 73.2 Å². The van der Waals surface area contributed by atoms with Gasteiger partial charge in [0.1, 0.15) is 17.8 Å². The molecule has 6 atom stereocenters. The first-order valence-electron chi connectivity index (χ1n) is 21.5. The average Bonchev–Trinajstić information content (AvgIpc) is 3.72. The van der Waals surface area contributed by atoms with E-state index in [2.05, 4.69) is 6.07 Å². The topological polar surface area (TPSA) is 185 Å². The van der Waals surface area contributed by atoms with E-state index in [1.807, 2.05) is 36.8 Å². The first kappa shape index (κ1) is 47.7. The maximum Gasteiger partial charge on any atom is 0.471 e. The molecule has 4 aliphatic rings. The number of likely N-dealkylation sites (N-methyl/N-ethyl adjacent to an activating group) is 1. The predicted molar refractivity (Wildman–Crippen MR) is 220 cm³/mol. The zero-order valence-corrected chi connectivity index (χ0v) is 37.5. The Hall–Kier alpha value is -5.74. The Morgan fingerprint density at radius 2 is 1.55 bits per heavy atom. The number of nitrogens with zero attached hydrogens (tertiary/aromatic N) is 5. The molecule has 346 valence electrons. The van der Waals surface area contributed by atoms with Gasteiger partial charge in [0.05, 0.1) is 25.3 Å². The van der Waals surface area contributed by atoms with E-state index in [1.54, 1.807) is 13.8 Å². The third-order valence-electron chi connectivity index (χ3n) is 12.5. The summed E-state index contributed by atoms with van der Waals surface area (Å²) in [4.78, 5) is 85.8. The third-order valence-corrected chi connectivity index (χ3v) is 12.5. The smallest absolute Gasteiger partial charge is 0.471 e. The molecular formula is C45H54F3N5O11. The maximum atomic E-state index is 14.8. The van der Waals surface area contributed by atoms with Gasteiger partial charge in [-0.2, -0.15) is 18.4 Å². The van der Waals surface area contributed by atoms with Crippen molar-refractivity contribution >= 4 is 35.6 Å². The molecule has 0 radical (unpaired) electrons. The van der Waals surface area contributed by atoms with Gasteiger partial charge in [0.15, 0.2) is 23.0 Å². The fourth-order valence-electron chi connectivity index (χ4n) is 9.88. The summed E-state index contributed by atoms with van der Waals surface area (Å²) in [6, 6.07) is -1.90. The zero-order chi connectivity index (χ0) is 47.1. The number of alkyl halides is 3. The van der Waals surface area contributed by atoms with E-state index in [0.717, 1.165) is 17.4 Å². The summed E-state index contributed by atoms with van der Waals surface area (Å²) in [5.41, 5.74) is 3.22. The SMILES string of the molecule is CCCC(=O)Oc1c(OC)c(C)cc2c1[C@H]1C3Cc4c(OC(C)=O)c(C)c5c(c4[C@H](CN(C(=O)CCC)C(=O)[C@H](C)N(C(=O)CCC)C(=O)C(F)(F)F)N3[C@@H](C#N)C(C2)N1C)OCO5. The highest BCUT2D eigenvalue weighted by Crippen LogP contribution is 2.59. The number of carbonyl (C=O) groups is 6. The van der Waals surface area contributed by atoms with Gasteiger partial charge in [-0.25, -0.2) is 0 Å². The standard InChI is InChI=1S/C45H54F3N5O11/c1-10-13-32(55)51(43(58)24(6)52(33(56)14-11-2)44(59)45(46,47)48)20-31-36-27(39(63-25(7)54)23(5)40-41(36)62-21-61-40)18-29-37-35-26(17-28(50(37)8)30(19-49)53(29)31)16-22(4)38(60-9)42(35)64-34(57)15-12-3/h16,24,28-31,37H,10-15,17-18,20-21H2,1-9H3/t24-,28?,29?,30-,31-,37+/m0/s1. The highest BCUT2D eigenvalue weighted by atomic mass is 19.4. The third kappa shape index (κ3) is 8.37. The van der Waals surface area contributed by atoms with Gasteiger partial charge in [0, 0.05) is 67.1 Å². The van der Waals surface area contributed by atoms with Crippen molar-refractivity contribution in [2.24, 2.45) is 0 Å². The van der Waals surface area contributed by atoms with Crippen LogP contribution in [0.15, 0.2) is 6.07 Å². The van der Waals surface area contributed by atoms with Gasteiger partial charge in [-0.1, -0.05) is 26.8 Å². The quantitative estimate of drug-likeness (QED) is 0.176. The van der Waals surface area contributed by atoms with Crippen LogP contribution in [0.4, 0.5) is 13.2 Å². The maximum absolute atomic E-state index is 14.8. The van der Waals surface area contributed by atoms with Crippen LogP contribution in [-0.2, 0) is 41.6 Å². The molecule has 16 nitrogen and oxygen atoms in total. The van der Waals surface area contributed by atoms with E-state index in [4.69, 9.17) is 23.7 Å². The van der Waals surface area contributed by atoms with Crippen molar-refractivity contribution in [3.63, 3.8) is 0 Å². The van der Waals surface area contributed by atoms with E-state index in [0.29, 0.717) is 40.0 Å². The molecule has 4 amide bonds. The first-order chi connectivity index (χ1) is 30.3. The van der Waals surface area contributed by atoms with Crippen molar-refractivity contribution in [2.45, 2.75) is 142 Å². The Balaban J connectivity index is 1.63.